The zero-order valence-electron chi connectivity index (χ0n) is 13.4. The SMILES string of the molecule is COC(=O)Nc1ccccc1C(=O)NC1CCN(CC(F)F)CC1. The molecule has 1 saturated heterocycles. The van der Waals surface area contributed by atoms with E-state index < -0.39 is 12.5 Å². The Morgan fingerprint density at radius 3 is 2.58 bits per heavy atom. The number of rotatable bonds is 5. The minimum Gasteiger partial charge on any atom is -0.453 e. The van der Waals surface area contributed by atoms with E-state index in [0.717, 1.165) is 0 Å². The van der Waals surface area contributed by atoms with Crippen molar-refractivity contribution in [2.45, 2.75) is 25.3 Å². The van der Waals surface area contributed by atoms with Crippen LogP contribution >= 0.6 is 0 Å². The topological polar surface area (TPSA) is 70.7 Å². The molecule has 2 N–H and O–H groups in total. The summed E-state index contributed by atoms with van der Waals surface area (Å²) in [5, 5.41) is 5.39. The fraction of sp³-hybridized carbons (Fsp3) is 0.500. The summed E-state index contributed by atoms with van der Waals surface area (Å²) in [6.45, 7) is 0.821. The number of amides is 2. The van der Waals surface area contributed by atoms with E-state index in [1.807, 2.05) is 0 Å². The molecule has 1 fully saturated rings. The largest absolute Gasteiger partial charge is 0.453 e. The van der Waals surface area contributed by atoms with Crippen LogP contribution in [0.3, 0.4) is 0 Å². The van der Waals surface area contributed by atoms with E-state index in [9.17, 15) is 18.4 Å². The predicted octanol–water partition coefficient (Wildman–Crippen LogP) is 2.32. The number of likely N-dealkylation sites (tertiary alicyclic amines) is 1. The third kappa shape index (κ3) is 5.16. The average Bonchev–Trinajstić information content (AvgIpc) is 2.56. The molecule has 0 unspecified atom stereocenters. The zero-order valence-corrected chi connectivity index (χ0v) is 13.4. The maximum atomic E-state index is 12.4. The molecule has 0 spiro atoms. The maximum absolute atomic E-state index is 12.4. The van der Waals surface area contributed by atoms with Gasteiger partial charge in [0.1, 0.15) is 0 Å². The lowest BCUT2D eigenvalue weighted by Gasteiger charge is -2.32. The van der Waals surface area contributed by atoms with E-state index >= 15 is 0 Å². The van der Waals surface area contributed by atoms with Crippen molar-refractivity contribution in [1.82, 2.24) is 10.2 Å². The van der Waals surface area contributed by atoms with Crippen molar-refractivity contribution in [1.29, 1.82) is 0 Å². The number of carbonyl (C=O) groups excluding carboxylic acids is 2. The number of nitrogens with zero attached hydrogens (tertiary/aromatic N) is 1. The smallest absolute Gasteiger partial charge is 0.411 e. The van der Waals surface area contributed by atoms with Crippen molar-refractivity contribution >= 4 is 17.7 Å². The summed E-state index contributed by atoms with van der Waals surface area (Å²) < 4.78 is 29.3. The Kier molecular flexibility index (Phi) is 6.48. The van der Waals surface area contributed by atoms with Crippen molar-refractivity contribution in [3.63, 3.8) is 0 Å². The van der Waals surface area contributed by atoms with Crippen LogP contribution in [0, 0.1) is 0 Å². The van der Waals surface area contributed by atoms with Crippen molar-refractivity contribution in [2.75, 3.05) is 32.1 Å². The van der Waals surface area contributed by atoms with Gasteiger partial charge < -0.3 is 10.1 Å². The van der Waals surface area contributed by atoms with E-state index in [0.29, 0.717) is 37.2 Å². The van der Waals surface area contributed by atoms with Gasteiger partial charge in [0.2, 0.25) is 0 Å². The van der Waals surface area contributed by atoms with Gasteiger partial charge in [-0.25, -0.2) is 13.6 Å². The van der Waals surface area contributed by atoms with Gasteiger partial charge in [0.25, 0.3) is 12.3 Å². The summed E-state index contributed by atoms with van der Waals surface area (Å²) in [6, 6.07) is 6.54. The summed E-state index contributed by atoms with van der Waals surface area (Å²) in [6.07, 6.45) is -1.76. The molecule has 1 aliphatic rings. The molecule has 2 rings (SSSR count). The van der Waals surface area contributed by atoms with Gasteiger partial charge >= 0.3 is 6.09 Å². The van der Waals surface area contributed by atoms with Crippen LogP contribution in [-0.4, -0.2) is 56.1 Å². The van der Waals surface area contributed by atoms with Crippen LogP contribution in [0.15, 0.2) is 24.3 Å². The highest BCUT2D eigenvalue weighted by Gasteiger charge is 2.23. The van der Waals surface area contributed by atoms with Gasteiger partial charge in [-0.1, -0.05) is 12.1 Å². The highest BCUT2D eigenvalue weighted by atomic mass is 19.3. The van der Waals surface area contributed by atoms with E-state index in [4.69, 9.17) is 0 Å². The average molecular weight is 341 g/mol. The molecule has 0 aliphatic carbocycles. The number of anilines is 1. The first-order valence-electron chi connectivity index (χ1n) is 7.75. The van der Waals surface area contributed by atoms with Crippen molar-refractivity contribution in [3.8, 4) is 0 Å². The first-order chi connectivity index (χ1) is 11.5. The molecule has 6 nitrogen and oxygen atoms in total. The Labute approximate surface area is 139 Å². The standard InChI is InChI=1S/C16H21F2N3O3/c1-24-16(23)20-13-5-3-2-4-12(13)15(22)19-11-6-8-21(9-7-11)10-14(17)18/h2-5,11,14H,6-10H2,1H3,(H,19,22)(H,20,23). The number of benzene rings is 1. The number of hydrogen-bond donors (Lipinski definition) is 2. The molecular formula is C16H21F2N3O3. The molecule has 1 heterocycles. The summed E-state index contributed by atoms with van der Waals surface area (Å²) in [5.74, 6) is -0.311. The zero-order chi connectivity index (χ0) is 17.5. The van der Waals surface area contributed by atoms with E-state index in [1.54, 1.807) is 29.2 Å². The first kappa shape index (κ1) is 18.1. The molecule has 8 heteroatoms. The third-order valence-electron chi connectivity index (χ3n) is 3.91. The molecule has 1 aromatic carbocycles. The Balaban J connectivity index is 1.93. The fourth-order valence-corrected chi connectivity index (χ4v) is 2.67. The lowest BCUT2D eigenvalue weighted by molar-refractivity contribution is 0.0696. The lowest BCUT2D eigenvalue weighted by Crippen LogP contribution is -2.45. The van der Waals surface area contributed by atoms with Gasteiger partial charge in [-0.2, -0.15) is 0 Å². The number of halogens is 2. The minimum absolute atomic E-state index is 0.0717. The number of ether oxygens (including phenoxy) is 1. The molecule has 0 aromatic heterocycles. The minimum atomic E-state index is -2.34. The predicted molar refractivity (Wildman–Crippen MR) is 85.4 cm³/mol. The van der Waals surface area contributed by atoms with E-state index in [1.165, 1.54) is 7.11 Å². The van der Waals surface area contributed by atoms with Crippen LogP contribution < -0.4 is 10.6 Å². The Hall–Kier alpha value is -2.22. The van der Waals surface area contributed by atoms with Gasteiger partial charge in [0.15, 0.2) is 0 Å². The molecule has 1 aromatic rings. The van der Waals surface area contributed by atoms with Crippen LogP contribution in [-0.2, 0) is 4.74 Å². The maximum Gasteiger partial charge on any atom is 0.411 e. The number of alkyl halides is 2. The second-order valence-corrected chi connectivity index (χ2v) is 5.60. The van der Waals surface area contributed by atoms with Crippen molar-refractivity contribution in [2.24, 2.45) is 0 Å². The number of carbonyl (C=O) groups is 2. The quantitative estimate of drug-likeness (QED) is 0.862. The highest BCUT2D eigenvalue weighted by Crippen LogP contribution is 2.17. The lowest BCUT2D eigenvalue weighted by atomic mass is 10.0. The normalized spacial score (nSPS) is 16.0. The van der Waals surface area contributed by atoms with Crippen LogP contribution in [0.25, 0.3) is 0 Å². The van der Waals surface area contributed by atoms with Gasteiger partial charge in [-0.3, -0.25) is 15.0 Å². The second kappa shape index (κ2) is 8.58. The summed E-state index contributed by atoms with van der Waals surface area (Å²) in [7, 11) is 1.24. The fourth-order valence-electron chi connectivity index (χ4n) is 2.67. The molecule has 0 bridgehead atoms. The van der Waals surface area contributed by atoms with Gasteiger partial charge in [-0.15, -0.1) is 0 Å². The number of methoxy groups -OCH3 is 1. The van der Waals surface area contributed by atoms with Gasteiger partial charge in [-0.05, 0) is 25.0 Å². The molecule has 24 heavy (non-hydrogen) atoms. The van der Waals surface area contributed by atoms with Crippen LogP contribution in [0.1, 0.15) is 23.2 Å². The Morgan fingerprint density at radius 1 is 1.29 bits per heavy atom. The molecule has 0 saturated carbocycles. The second-order valence-electron chi connectivity index (χ2n) is 5.60. The summed E-state index contributed by atoms with van der Waals surface area (Å²) in [5.41, 5.74) is 0.690. The van der Waals surface area contributed by atoms with Crippen LogP contribution in [0.4, 0.5) is 19.3 Å². The molecule has 132 valence electrons. The Bertz CT molecular complexity index is 575. The molecule has 1 aliphatic heterocycles. The Morgan fingerprint density at radius 2 is 1.96 bits per heavy atom. The number of hydrogen-bond acceptors (Lipinski definition) is 4. The molecular weight excluding hydrogens is 320 g/mol. The number of piperidine rings is 1. The summed E-state index contributed by atoms with van der Waals surface area (Å²) in [4.78, 5) is 25.5. The highest BCUT2D eigenvalue weighted by molar-refractivity contribution is 6.02. The van der Waals surface area contributed by atoms with Crippen molar-refractivity contribution in [3.05, 3.63) is 29.8 Å². The number of nitrogens with one attached hydrogen (secondary N) is 2. The van der Waals surface area contributed by atoms with Crippen LogP contribution in [0.5, 0.6) is 0 Å². The van der Waals surface area contributed by atoms with Crippen LogP contribution in [0.2, 0.25) is 0 Å². The first-order valence-corrected chi connectivity index (χ1v) is 7.75. The monoisotopic (exact) mass is 341 g/mol. The van der Waals surface area contributed by atoms with Gasteiger partial charge in [0.05, 0.1) is 24.9 Å². The van der Waals surface area contributed by atoms with E-state index in [-0.39, 0.29) is 18.5 Å². The summed E-state index contributed by atoms with van der Waals surface area (Å²) >= 11 is 0. The molecule has 2 amide bonds. The van der Waals surface area contributed by atoms with Gasteiger partial charge in [0, 0.05) is 19.1 Å². The number of para-hydroxylation sites is 1. The molecule has 0 atom stereocenters. The molecule has 0 radical (unpaired) electrons. The third-order valence-corrected chi connectivity index (χ3v) is 3.91. The van der Waals surface area contributed by atoms with Crippen molar-refractivity contribution < 1.29 is 23.1 Å². The van der Waals surface area contributed by atoms with E-state index in [2.05, 4.69) is 15.4 Å².